The molecule has 15 heavy (non-hydrogen) atoms. The van der Waals surface area contributed by atoms with Crippen LogP contribution < -0.4 is 0 Å². The van der Waals surface area contributed by atoms with Gasteiger partial charge in [-0.2, -0.15) is 0 Å². The fraction of sp³-hybridized carbons (Fsp3) is 0.818. The summed E-state index contributed by atoms with van der Waals surface area (Å²) < 4.78 is 5.20. The van der Waals surface area contributed by atoms with Gasteiger partial charge in [0.05, 0.1) is 13.1 Å². The van der Waals surface area contributed by atoms with Crippen LogP contribution in [0.4, 0.5) is 4.79 Å². The van der Waals surface area contributed by atoms with Crippen molar-refractivity contribution < 1.29 is 9.53 Å². The predicted octanol–water partition coefficient (Wildman–Crippen LogP) is 2.33. The molecule has 0 bridgehead atoms. The SMILES string of the molecule is CC.CC(C)(C)OC(=O)N1CC=NCC1. The second kappa shape index (κ2) is 6.43. The van der Waals surface area contributed by atoms with E-state index in [0.717, 1.165) is 0 Å². The minimum absolute atomic E-state index is 0.251. The van der Waals surface area contributed by atoms with Crippen molar-refractivity contribution in [3.63, 3.8) is 0 Å². The molecule has 0 aliphatic carbocycles. The summed E-state index contributed by atoms with van der Waals surface area (Å²) in [6.07, 6.45) is 1.49. The number of amides is 1. The third kappa shape index (κ3) is 6.10. The Balaban J connectivity index is 0.000000921. The molecule has 88 valence electrons. The van der Waals surface area contributed by atoms with Gasteiger partial charge in [-0.3, -0.25) is 4.99 Å². The second-order valence-corrected chi connectivity index (χ2v) is 4.02. The number of nitrogens with zero attached hydrogens (tertiary/aromatic N) is 2. The highest BCUT2D eigenvalue weighted by Gasteiger charge is 2.21. The maximum atomic E-state index is 11.5. The van der Waals surface area contributed by atoms with Crippen LogP contribution in [-0.4, -0.2) is 42.4 Å². The molecule has 1 heterocycles. The molecule has 1 amide bonds. The molecule has 0 saturated carbocycles. The maximum Gasteiger partial charge on any atom is 0.410 e. The molecule has 0 aromatic carbocycles. The largest absolute Gasteiger partial charge is 0.444 e. The molecule has 0 spiro atoms. The Labute approximate surface area is 92.3 Å². The van der Waals surface area contributed by atoms with Crippen LogP contribution in [0.1, 0.15) is 34.6 Å². The summed E-state index contributed by atoms with van der Waals surface area (Å²) in [7, 11) is 0. The van der Waals surface area contributed by atoms with E-state index in [2.05, 4.69) is 4.99 Å². The van der Waals surface area contributed by atoms with Crippen molar-refractivity contribution in [1.29, 1.82) is 0 Å². The first-order chi connectivity index (χ1) is 6.99. The van der Waals surface area contributed by atoms with Crippen molar-refractivity contribution in [3.8, 4) is 0 Å². The van der Waals surface area contributed by atoms with Crippen molar-refractivity contribution in [2.75, 3.05) is 19.6 Å². The normalized spacial score (nSPS) is 15.4. The fourth-order valence-electron chi connectivity index (χ4n) is 1.01. The summed E-state index contributed by atoms with van der Waals surface area (Å²) in [5.74, 6) is 0. The first-order valence-corrected chi connectivity index (χ1v) is 5.45. The molecule has 4 nitrogen and oxygen atoms in total. The molecular weight excluding hydrogens is 192 g/mol. The Morgan fingerprint density at radius 3 is 2.40 bits per heavy atom. The molecule has 1 aliphatic rings. The van der Waals surface area contributed by atoms with Gasteiger partial charge < -0.3 is 9.64 Å². The smallest absolute Gasteiger partial charge is 0.410 e. The van der Waals surface area contributed by atoms with E-state index in [9.17, 15) is 4.79 Å². The predicted molar refractivity (Wildman–Crippen MR) is 62.5 cm³/mol. The second-order valence-electron chi connectivity index (χ2n) is 4.02. The van der Waals surface area contributed by atoms with E-state index < -0.39 is 5.60 Å². The van der Waals surface area contributed by atoms with Gasteiger partial charge in [0.15, 0.2) is 0 Å². The van der Waals surface area contributed by atoms with Crippen molar-refractivity contribution in [2.45, 2.75) is 40.2 Å². The zero-order valence-corrected chi connectivity index (χ0v) is 10.4. The number of hydrogen-bond donors (Lipinski definition) is 0. The molecule has 0 unspecified atom stereocenters. The molecule has 1 aliphatic heterocycles. The number of rotatable bonds is 0. The molecule has 0 fully saturated rings. The number of aliphatic imine (C=N–C) groups is 1. The Bertz CT molecular complexity index is 219. The maximum absolute atomic E-state index is 11.5. The number of ether oxygens (including phenoxy) is 1. The van der Waals surface area contributed by atoms with Crippen molar-refractivity contribution in [1.82, 2.24) is 4.90 Å². The van der Waals surface area contributed by atoms with Crippen molar-refractivity contribution in [2.24, 2.45) is 4.99 Å². The van der Waals surface area contributed by atoms with Crippen LogP contribution in [0.5, 0.6) is 0 Å². The van der Waals surface area contributed by atoms with Crippen LogP contribution in [0, 0.1) is 0 Å². The molecule has 0 aromatic rings. The molecule has 1 rings (SSSR count). The number of carbonyl (C=O) groups is 1. The van der Waals surface area contributed by atoms with Crippen molar-refractivity contribution >= 4 is 12.3 Å². The average Bonchev–Trinajstić information content (AvgIpc) is 2.20. The summed E-state index contributed by atoms with van der Waals surface area (Å²) >= 11 is 0. The van der Waals surface area contributed by atoms with Gasteiger partial charge >= 0.3 is 6.09 Å². The highest BCUT2D eigenvalue weighted by atomic mass is 16.6. The Morgan fingerprint density at radius 2 is 2.00 bits per heavy atom. The highest BCUT2D eigenvalue weighted by molar-refractivity contribution is 5.74. The quantitative estimate of drug-likeness (QED) is 0.621. The minimum Gasteiger partial charge on any atom is -0.444 e. The van der Waals surface area contributed by atoms with E-state index in [4.69, 9.17) is 4.74 Å². The Kier molecular flexibility index (Phi) is 5.97. The summed E-state index contributed by atoms with van der Waals surface area (Å²) in [4.78, 5) is 17.1. The van der Waals surface area contributed by atoms with Crippen molar-refractivity contribution in [3.05, 3.63) is 0 Å². The number of carbonyl (C=O) groups excluding carboxylic acids is 1. The molecule has 4 heteroatoms. The number of hydrogen-bond acceptors (Lipinski definition) is 3. The van der Waals surface area contributed by atoms with Gasteiger partial charge in [-0.05, 0) is 20.8 Å². The standard InChI is InChI=1S/C9H16N2O2.C2H6/c1-9(2,3)13-8(12)11-6-4-10-5-7-11;1-2/h4H,5-7H2,1-3H3;1-2H3. The van der Waals surface area contributed by atoms with E-state index in [1.165, 1.54) is 0 Å². The minimum atomic E-state index is -0.411. The van der Waals surface area contributed by atoms with Crippen LogP contribution in [0.25, 0.3) is 0 Å². The van der Waals surface area contributed by atoms with E-state index >= 15 is 0 Å². The third-order valence-electron chi connectivity index (χ3n) is 1.58. The first kappa shape index (κ1) is 13.9. The van der Waals surface area contributed by atoms with Gasteiger partial charge in [0.2, 0.25) is 0 Å². The van der Waals surface area contributed by atoms with E-state index in [0.29, 0.717) is 19.6 Å². The van der Waals surface area contributed by atoms with Gasteiger partial charge in [0.1, 0.15) is 5.60 Å². The van der Waals surface area contributed by atoms with Gasteiger partial charge in [0.25, 0.3) is 0 Å². The lowest BCUT2D eigenvalue weighted by Gasteiger charge is -2.27. The molecule has 0 N–H and O–H groups in total. The van der Waals surface area contributed by atoms with Gasteiger partial charge in [-0.1, -0.05) is 13.8 Å². The van der Waals surface area contributed by atoms with Crippen LogP contribution in [0.3, 0.4) is 0 Å². The Hall–Kier alpha value is -1.06. The lowest BCUT2D eigenvalue weighted by Crippen LogP contribution is -2.40. The zero-order valence-electron chi connectivity index (χ0n) is 10.4. The molecule has 0 saturated heterocycles. The average molecular weight is 214 g/mol. The molecule has 0 atom stereocenters. The first-order valence-electron chi connectivity index (χ1n) is 5.45. The van der Waals surface area contributed by atoms with Crippen LogP contribution in [0.15, 0.2) is 4.99 Å². The fourth-order valence-corrected chi connectivity index (χ4v) is 1.01. The lowest BCUT2D eigenvalue weighted by atomic mass is 10.2. The summed E-state index contributed by atoms with van der Waals surface area (Å²) in [6, 6.07) is 0. The van der Waals surface area contributed by atoms with Gasteiger partial charge in [-0.25, -0.2) is 4.79 Å². The van der Waals surface area contributed by atoms with Gasteiger partial charge in [-0.15, -0.1) is 0 Å². The molecule has 0 aromatic heterocycles. The lowest BCUT2D eigenvalue weighted by molar-refractivity contribution is 0.0280. The van der Waals surface area contributed by atoms with E-state index in [-0.39, 0.29) is 6.09 Å². The third-order valence-corrected chi connectivity index (χ3v) is 1.58. The van der Waals surface area contributed by atoms with Crippen LogP contribution in [-0.2, 0) is 4.74 Å². The van der Waals surface area contributed by atoms with E-state index in [1.54, 1.807) is 11.1 Å². The Morgan fingerprint density at radius 1 is 1.40 bits per heavy atom. The highest BCUT2D eigenvalue weighted by Crippen LogP contribution is 2.10. The zero-order chi connectivity index (χ0) is 11.9. The van der Waals surface area contributed by atoms with Crippen LogP contribution in [0.2, 0.25) is 0 Å². The summed E-state index contributed by atoms with van der Waals surface area (Å²) in [5.41, 5.74) is -0.411. The summed E-state index contributed by atoms with van der Waals surface area (Å²) in [5, 5.41) is 0. The van der Waals surface area contributed by atoms with Gasteiger partial charge in [0, 0.05) is 12.8 Å². The van der Waals surface area contributed by atoms with Crippen LogP contribution >= 0.6 is 0 Å². The topological polar surface area (TPSA) is 41.9 Å². The summed E-state index contributed by atoms with van der Waals surface area (Å²) in [6.45, 7) is 11.5. The van der Waals surface area contributed by atoms with E-state index in [1.807, 2.05) is 34.6 Å². The molecular formula is C11H22N2O2. The monoisotopic (exact) mass is 214 g/mol. The molecule has 0 radical (unpaired) electrons.